The Balaban J connectivity index is 2.33. The normalized spacial score (nSPS) is 14.9. The lowest BCUT2D eigenvalue weighted by Crippen LogP contribution is -2.23. The zero-order valence-electron chi connectivity index (χ0n) is 11.4. The van der Waals surface area contributed by atoms with Gasteiger partial charge in [-0.25, -0.2) is 0 Å². The van der Waals surface area contributed by atoms with Crippen molar-refractivity contribution in [3.63, 3.8) is 0 Å². The highest BCUT2D eigenvalue weighted by molar-refractivity contribution is 6.00. The third-order valence-electron chi connectivity index (χ3n) is 2.84. The van der Waals surface area contributed by atoms with Crippen LogP contribution in [-0.4, -0.2) is 44.1 Å². The predicted molar refractivity (Wildman–Crippen MR) is 72.8 cm³/mol. The highest BCUT2D eigenvalue weighted by atomic mass is 16.5. The van der Waals surface area contributed by atoms with Crippen molar-refractivity contribution in [2.24, 2.45) is 4.99 Å². The number of hydrogen-bond acceptors (Lipinski definition) is 4. The van der Waals surface area contributed by atoms with Gasteiger partial charge in [-0.15, -0.1) is 0 Å². The van der Waals surface area contributed by atoms with Crippen LogP contribution >= 0.6 is 0 Å². The summed E-state index contributed by atoms with van der Waals surface area (Å²) in [4.78, 5) is 6.66. The van der Waals surface area contributed by atoms with Crippen LogP contribution < -0.4 is 9.47 Å². The monoisotopic (exact) mass is 248 g/mol. The van der Waals surface area contributed by atoms with Gasteiger partial charge < -0.3 is 14.4 Å². The number of methoxy groups -OCH3 is 1. The van der Waals surface area contributed by atoms with Gasteiger partial charge in [0.25, 0.3) is 0 Å². The number of aliphatic imine (C=N–C) groups is 1. The Morgan fingerprint density at radius 3 is 2.61 bits per heavy atom. The Morgan fingerprint density at radius 1 is 1.28 bits per heavy atom. The Bertz CT molecular complexity index is 455. The van der Waals surface area contributed by atoms with E-state index >= 15 is 0 Å². The Kier molecular flexibility index (Phi) is 3.75. The summed E-state index contributed by atoms with van der Waals surface area (Å²) in [7, 11) is 3.71. The summed E-state index contributed by atoms with van der Waals surface area (Å²) in [6.07, 6.45) is 0.123. The molecule has 0 fully saturated rings. The molecular formula is C14H20N2O2. The molecule has 0 amide bonds. The van der Waals surface area contributed by atoms with Crippen LogP contribution in [0.2, 0.25) is 0 Å². The number of rotatable bonds is 4. The average Bonchev–Trinajstić information content (AvgIpc) is 2.74. The van der Waals surface area contributed by atoms with E-state index in [-0.39, 0.29) is 6.10 Å². The third-order valence-corrected chi connectivity index (χ3v) is 2.84. The molecule has 2 rings (SSSR count). The maximum Gasteiger partial charge on any atom is 0.162 e. The first kappa shape index (κ1) is 12.7. The minimum Gasteiger partial charge on any atom is -0.493 e. The predicted octanol–water partition coefficient (Wildman–Crippen LogP) is 2.17. The van der Waals surface area contributed by atoms with E-state index in [0.29, 0.717) is 0 Å². The summed E-state index contributed by atoms with van der Waals surface area (Å²) >= 11 is 0. The van der Waals surface area contributed by atoms with Crippen molar-refractivity contribution >= 4 is 5.84 Å². The lowest BCUT2D eigenvalue weighted by atomic mass is 10.1. The second kappa shape index (κ2) is 5.29. The zero-order valence-corrected chi connectivity index (χ0v) is 11.4. The van der Waals surface area contributed by atoms with Crippen molar-refractivity contribution in [1.29, 1.82) is 0 Å². The van der Waals surface area contributed by atoms with Crippen molar-refractivity contribution in [1.82, 2.24) is 4.90 Å². The molecule has 0 N–H and O–H groups in total. The molecule has 0 spiro atoms. The van der Waals surface area contributed by atoms with E-state index < -0.39 is 0 Å². The first-order valence-electron chi connectivity index (χ1n) is 6.22. The SMILES string of the molecule is COc1ccc(C2=NCCN2C)cc1OC(C)C. The van der Waals surface area contributed by atoms with Crippen LogP contribution in [0.15, 0.2) is 23.2 Å². The van der Waals surface area contributed by atoms with Gasteiger partial charge >= 0.3 is 0 Å². The van der Waals surface area contributed by atoms with Gasteiger partial charge in [0.15, 0.2) is 11.5 Å². The summed E-state index contributed by atoms with van der Waals surface area (Å²) in [6, 6.07) is 5.95. The number of benzene rings is 1. The Hall–Kier alpha value is -1.71. The van der Waals surface area contributed by atoms with Crippen LogP contribution in [0, 0.1) is 0 Å². The average molecular weight is 248 g/mol. The van der Waals surface area contributed by atoms with E-state index in [2.05, 4.69) is 16.9 Å². The van der Waals surface area contributed by atoms with Crippen LogP contribution in [0.4, 0.5) is 0 Å². The smallest absolute Gasteiger partial charge is 0.162 e. The highest BCUT2D eigenvalue weighted by Crippen LogP contribution is 2.29. The van der Waals surface area contributed by atoms with Crippen molar-refractivity contribution in [3.05, 3.63) is 23.8 Å². The van der Waals surface area contributed by atoms with E-state index in [1.165, 1.54) is 0 Å². The topological polar surface area (TPSA) is 34.1 Å². The molecular weight excluding hydrogens is 228 g/mol. The number of ether oxygens (including phenoxy) is 2. The molecule has 0 aromatic heterocycles. The van der Waals surface area contributed by atoms with Gasteiger partial charge in [0.05, 0.1) is 19.8 Å². The zero-order chi connectivity index (χ0) is 13.1. The van der Waals surface area contributed by atoms with E-state index in [9.17, 15) is 0 Å². The number of amidine groups is 1. The molecule has 0 aliphatic carbocycles. The minimum atomic E-state index is 0.123. The summed E-state index contributed by atoms with van der Waals surface area (Å²) in [6.45, 7) is 5.84. The van der Waals surface area contributed by atoms with Gasteiger partial charge in [-0.2, -0.15) is 0 Å². The van der Waals surface area contributed by atoms with E-state index in [1.54, 1.807) is 7.11 Å². The Labute approximate surface area is 108 Å². The third kappa shape index (κ3) is 2.58. The van der Waals surface area contributed by atoms with Crippen LogP contribution in [0.25, 0.3) is 0 Å². The molecule has 0 unspecified atom stereocenters. The first-order chi connectivity index (χ1) is 8.61. The van der Waals surface area contributed by atoms with E-state index in [4.69, 9.17) is 9.47 Å². The van der Waals surface area contributed by atoms with Gasteiger partial charge in [-0.1, -0.05) is 0 Å². The van der Waals surface area contributed by atoms with Gasteiger partial charge in [-0.05, 0) is 32.0 Å². The van der Waals surface area contributed by atoms with Crippen molar-refractivity contribution in [3.8, 4) is 11.5 Å². The van der Waals surface area contributed by atoms with Crippen LogP contribution in [0.3, 0.4) is 0 Å². The van der Waals surface area contributed by atoms with Crippen LogP contribution in [0.5, 0.6) is 11.5 Å². The largest absolute Gasteiger partial charge is 0.493 e. The summed E-state index contributed by atoms with van der Waals surface area (Å²) in [5.41, 5.74) is 1.08. The second-order valence-electron chi connectivity index (χ2n) is 4.66. The molecule has 1 aliphatic rings. The first-order valence-corrected chi connectivity index (χ1v) is 6.22. The molecule has 4 nitrogen and oxygen atoms in total. The molecule has 4 heteroatoms. The molecule has 98 valence electrons. The molecule has 0 saturated heterocycles. The quantitative estimate of drug-likeness (QED) is 0.819. The molecule has 0 atom stereocenters. The molecule has 1 aromatic carbocycles. The fourth-order valence-electron chi connectivity index (χ4n) is 2.01. The molecule has 1 aliphatic heterocycles. The molecule has 0 saturated carbocycles. The molecule has 1 aromatic rings. The highest BCUT2D eigenvalue weighted by Gasteiger charge is 2.17. The van der Waals surface area contributed by atoms with Crippen molar-refractivity contribution < 1.29 is 9.47 Å². The Morgan fingerprint density at radius 2 is 2.06 bits per heavy atom. The fraction of sp³-hybridized carbons (Fsp3) is 0.500. The van der Waals surface area contributed by atoms with Gasteiger partial charge in [0.2, 0.25) is 0 Å². The second-order valence-corrected chi connectivity index (χ2v) is 4.66. The number of likely N-dealkylation sites (N-methyl/N-ethyl adjacent to an activating group) is 1. The maximum absolute atomic E-state index is 5.77. The maximum atomic E-state index is 5.77. The molecule has 0 bridgehead atoms. The molecule has 1 heterocycles. The molecule has 18 heavy (non-hydrogen) atoms. The standard InChI is InChI=1S/C14H20N2O2/c1-10(2)18-13-9-11(5-6-12(13)17-4)14-15-7-8-16(14)3/h5-6,9-10H,7-8H2,1-4H3. The number of hydrogen-bond donors (Lipinski definition) is 0. The number of nitrogens with zero attached hydrogens (tertiary/aromatic N) is 2. The van der Waals surface area contributed by atoms with Gasteiger partial charge in [-0.3, -0.25) is 4.99 Å². The van der Waals surface area contributed by atoms with Crippen LogP contribution in [0.1, 0.15) is 19.4 Å². The van der Waals surface area contributed by atoms with E-state index in [1.807, 2.05) is 32.0 Å². The van der Waals surface area contributed by atoms with Crippen LogP contribution in [-0.2, 0) is 0 Å². The minimum absolute atomic E-state index is 0.123. The lowest BCUT2D eigenvalue weighted by molar-refractivity contribution is 0.230. The van der Waals surface area contributed by atoms with Crippen molar-refractivity contribution in [2.75, 3.05) is 27.2 Å². The van der Waals surface area contributed by atoms with Crippen molar-refractivity contribution in [2.45, 2.75) is 20.0 Å². The molecule has 0 radical (unpaired) electrons. The summed E-state index contributed by atoms with van der Waals surface area (Å²) in [5, 5.41) is 0. The van der Waals surface area contributed by atoms with Gasteiger partial charge in [0.1, 0.15) is 5.84 Å². The summed E-state index contributed by atoms with van der Waals surface area (Å²) < 4.78 is 11.1. The van der Waals surface area contributed by atoms with Gasteiger partial charge in [0, 0.05) is 19.2 Å². The summed E-state index contributed by atoms with van der Waals surface area (Å²) in [5.74, 6) is 2.55. The lowest BCUT2D eigenvalue weighted by Gasteiger charge is -2.17. The van der Waals surface area contributed by atoms with E-state index in [0.717, 1.165) is 36.0 Å². The fourth-order valence-corrected chi connectivity index (χ4v) is 2.01.